The van der Waals surface area contributed by atoms with E-state index in [-0.39, 0.29) is 17.2 Å². The molecule has 0 unspecified atom stereocenters. The van der Waals surface area contributed by atoms with Crippen LogP contribution in [0.1, 0.15) is 20.7 Å². The molecule has 2 aromatic carbocycles. The highest BCUT2D eigenvalue weighted by atomic mass is 16.5. The predicted molar refractivity (Wildman–Crippen MR) is 79.1 cm³/mol. The van der Waals surface area contributed by atoms with Gasteiger partial charge in [-0.3, -0.25) is 4.79 Å². The van der Waals surface area contributed by atoms with Gasteiger partial charge in [0.25, 0.3) is 5.91 Å². The van der Waals surface area contributed by atoms with Crippen molar-refractivity contribution in [2.75, 3.05) is 19.1 Å². The van der Waals surface area contributed by atoms with Gasteiger partial charge in [-0.15, -0.1) is 0 Å². The molecule has 5 nitrogen and oxygen atoms in total. The average Bonchev–Trinajstić information content (AvgIpc) is 2.53. The van der Waals surface area contributed by atoms with Crippen molar-refractivity contribution in [3.8, 4) is 5.75 Å². The molecule has 0 saturated heterocycles. The third kappa shape index (κ3) is 3.02. The van der Waals surface area contributed by atoms with Crippen LogP contribution in [0.2, 0.25) is 0 Å². The molecule has 0 heterocycles. The van der Waals surface area contributed by atoms with Gasteiger partial charge in [0, 0.05) is 18.3 Å². The van der Waals surface area contributed by atoms with Crippen LogP contribution in [0.5, 0.6) is 5.75 Å². The fourth-order valence-electron chi connectivity index (χ4n) is 1.97. The Morgan fingerprint density at radius 2 is 1.76 bits per heavy atom. The monoisotopic (exact) mass is 285 g/mol. The molecule has 0 bridgehead atoms. The Labute approximate surface area is 122 Å². The van der Waals surface area contributed by atoms with E-state index in [1.54, 1.807) is 25.2 Å². The van der Waals surface area contributed by atoms with Crippen LogP contribution < -0.4 is 9.64 Å². The number of carbonyl (C=O) groups is 2. The zero-order chi connectivity index (χ0) is 15.4. The third-order valence-corrected chi connectivity index (χ3v) is 3.12. The van der Waals surface area contributed by atoms with Crippen LogP contribution in [-0.2, 0) is 0 Å². The van der Waals surface area contributed by atoms with Gasteiger partial charge in [-0.25, -0.2) is 4.79 Å². The Morgan fingerprint density at radius 1 is 1.10 bits per heavy atom. The minimum atomic E-state index is -1.14. The maximum atomic E-state index is 12.4. The molecule has 0 aliphatic heterocycles. The molecule has 0 atom stereocenters. The number of benzene rings is 2. The Morgan fingerprint density at radius 3 is 2.33 bits per heavy atom. The normalized spacial score (nSPS) is 10.0. The first-order valence-corrected chi connectivity index (χ1v) is 6.29. The SMILES string of the molecule is COc1ccc(C(=O)N(C)c2ccccc2)cc1C(=O)O. The van der Waals surface area contributed by atoms with Crippen molar-refractivity contribution in [2.24, 2.45) is 0 Å². The van der Waals surface area contributed by atoms with E-state index >= 15 is 0 Å². The van der Waals surface area contributed by atoms with Gasteiger partial charge < -0.3 is 14.7 Å². The number of rotatable bonds is 4. The van der Waals surface area contributed by atoms with Crippen molar-refractivity contribution in [1.29, 1.82) is 0 Å². The van der Waals surface area contributed by atoms with Gasteiger partial charge in [0.05, 0.1) is 7.11 Å². The quantitative estimate of drug-likeness (QED) is 0.937. The van der Waals surface area contributed by atoms with E-state index in [2.05, 4.69) is 0 Å². The van der Waals surface area contributed by atoms with Crippen LogP contribution in [0.4, 0.5) is 5.69 Å². The van der Waals surface area contributed by atoms with Crippen LogP contribution in [0.25, 0.3) is 0 Å². The average molecular weight is 285 g/mol. The molecule has 0 radical (unpaired) electrons. The van der Waals surface area contributed by atoms with Gasteiger partial charge in [-0.1, -0.05) is 18.2 Å². The number of ether oxygens (including phenoxy) is 1. The van der Waals surface area contributed by atoms with Gasteiger partial charge in [0.2, 0.25) is 0 Å². The van der Waals surface area contributed by atoms with E-state index in [1.165, 1.54) is 24.1 Å². The zero-order valence-electron chi connectivity index (χ0n) is 11.7. The number of para-hydroxylation sites is 1. The molecule has 0 aliphatic rings. The number of aromatic carboxylic acids is 1. The molecule has 0 saturated carbocycles. The minimum absolute atomic E-state index is 0.0372. The predicted octanol–water partition coefficient (Wildman–Crippen LogP) is 2.67. The van der Waals surface area contributed by atoms with Crippen molar-refractivity contribution < 1.29 is 19.4 Å². The number of nitrogens with zero attached hydrogens (tertiary/aromatic N) is 1. The zero-order valence-corrected chi connectivity index (χ0v) is 11.7. The summed E-state index contributed by atoms with van der Waals surface area (Å²) in [5, 5.41) is 9.15. The molecule has 0 aliphatic carbocycles. The highest BCUT2D eigenvalue weighted by Gasteiger charge is 2.18. The van der Waals surface area contributed by atoms with E-state index in [9.17, 15) is 9.59 Å². The molecule has 0 aromatic heterocycles. The first-order valence-electron chi connectivity index (χ1n) is 6.29. The van der Waals surface area contributed by atoms with E-state index in [4.69, 9.17) is 9.84 Å². The fourth-order valence-corrected chi connectivity index (χ4v) is 1.97. The number of hydrogen-bond acceptors (Lipinski definition) is 3. The number of anilines is 1. The van der Waals surface area contributed by atoms with Gasteiger partial charge in [0.15, 0.2) is 0 Å². The highest BCUT2D eigenvalue weighted by molar-refractivity contribution is 6.07. The number of carbonyl (C=O) groups excluding carboxylic acids is 1. The maximum Gasteiger partial charge on any atom is 0.339 e. The van der Waals surface area contributed by atoms with E-state index in [0.29, 0.717) is 5.56 Å². The summed E-state index contributed by atoms with van der Waals surface area (Å²) < 4.78 is 4.98. The van der Waals surface area contributed by atoms with Gasteiger partial charge >= 0.3 is 5.97 Å². The van der Waals surface area contributed by atoms with Crippen molar-refractivity contribution >= 4 is 17.6 Å². The number of methoxy groups -OCH3 is 1. The molecule has 0 spiro atoms. The largest absolute Gasteiger partial charge is 0.496 e. The molecular weight excluding hydrogens is 270 g/mol. The lowest BCUT2D eigenvalue weighted by atomic mass is 10.1. The molecule has 5 heteroatoms. The van der Waals surface area contributed by atoms with Crippen LogP contribution in [0, 0.1) is 0 Å². The molecule has 1 N–H and O–H groups in total. The first-order chi connectivity index (χ1) is 10.0. The second-order valence-electron chi connectivity index (χ2n) is 4.42. The van der Waals surface area contributed by atoms with Gasteiger partial charge in [0.1, 0.15) is 11.3 Å². The number of hydrogen-bond donors (Lipinski definition) is 1. The summed E-state index contributed by atoms with van der Waals surface area (Å²) in [5.74, 6) is -1.20. The topological polar surface area (TPSA) is 66.8 Å². The second-order valence-corrected chi connectivity index (χ2v) is 4.42. The Bertz CT molecular complexity index is 667. The molecule has 108 valence electrons. The maximum absolute atomic E-state index is 12.4. The molecule has 1 amide bonds. The Hall–Kier alpha value is -2.82. The summed E-state index contributed by atoms with van der Waals surface area (Å²) in [4.78, 5) is 25.1. The minimum Gasteiger partial charge on any atom is -0.496 e. The van der Waals surface area contributed by atoms with E-state index < -0.39 is 5.97 Å². The van der Waals surface area contributed by atoms with Crippen LogP contribution >= 0.6 is 0 Å². The summed E-state index contributed by atoms with van der Waals surface area (Å²) in [6, 6.07) is 13.5. The molecule has 0 fully saturated rings. The first kappa shape index (κ1) is 14.6. The molecule has 21 heavy (non-hydrogen) atoms. The summed E-state index contributed by atoms with van der Waals surface area (Å²) in [7, 11) is 3.03. The molecule has 2 aromatic rings. The smallest absolute Gasteiger partial charge is 0.339 e. The number of carboxylic acids is 1. The highest BCUT2D eigenvalue weighted by Crippen LogP contribution is 2.22. The summed E-state index contributed by atoms with van der Waals surface area (Å²) >= 11 is 0. The van der Waals surface area contributed by atoms with Crippen LogP contribution in [-0.4, -0.2) is 31.1 Å². The Kier molecular flexibility index (Phi) is 4.23. The Balaban J connectivity index is 2.36. The van der Waals surface area contributed by atoms with E-state index in [0.717, 1.165) is 5.69 Å². The lowest BCUT2D eigenvalue weighted by Crippen LogP contribution is -2.26. The number of carboxylic acid groups (broad SMARTS) is 1. The summed E-state index contributed by atoms with van der Waals surface area (Å²) in [6.45, 7) is 0. The number of amides is 1. The van der Waals surface area contributed by atoms with Crippen molar-refractivity contribution in [3.05, 3.63) is 59.7 Å². The summed E-state index contributed by atoms with van der Waals surface area (Å²) in [6.07, 6.45) is 0. The van der Waals surface area contributed by atoms with Crippen molar-refractivity contribution in [2.45, 2.75) is 0 Å². The standard InChI is InChI=1S/C16H15NO4/c1-17(12-6-4-3-5-7-12)15(18)11-8-9-14(21-2)13(10-11)16(19)20/h3-10H,1-2H3,(H,19,20). The fraction of sp³-hybridized carbons (Fsp3) is 0.125. The third-order valence-electron chi connectivity index (χ3n) is 3.12. The van der Waals surface area contributed by atoms with Gasteiger partial charge in [-0.2, -0.15) is 0 Å². The van der Waals surface area contributed by atoms with E-state index in [1.807, 2.05) is 18.2 Å². The van der Waals surface area contributed by atoms with Crippen LogP contribution in [0.15, 0.2) is 48.5 Å². The van der Waals surface area contributed by atoms with Crippen LogP contribution in [0.3, 0.4) is 0 Å². The van der Waals surface area contributed by atoms with Gasteiger partial charge in [-0.05, 0) is 30.3 Å². The second kappa shape index (κ2) is 6.09. The molecular formula is C16H15NO4. The molecule has 2 rings (SSSR count). The lowest BCUT2D eigenvalue weighted by molar-refractivity contribution is 0.0693. The van der Waals surface area contributed by atoms with Crippen molar-refractivity contribution in [1.82, 2.24) is 0 Å². The summed E-state index contributed by atoms with van der Waals surface area (Å²) in [5.41, 5.74) is 0.986. The van der Waals surface area contributed by atoms with Crippen molar-refractivity contribution in [3.63, 3.8) is 0 Å². The lowest BCUT2D eigenvalue weighted by Gasteiger charge is -2.18.